The summed E-state index contributed by atoms with van der Waals surface area (Å²) >= 11 is 0. The van der Waals surface area contributed by atoms with E-state index in [1.54, 1.807) is 18.7 Å². The van der Waals surface area contributed by atoms with E-state index in [0.29, 0.717) is 19.5 Å². The molecular weight excluding hydrogens is 204 g/mol. The summed E-state index contributed by atoms with van der Waals surface area (Å²) in [5, 5.41) is 9.95. The SMILES string of the molecule is CCCC(C)(N)C(=O)N1CCCC(C)(O)C1. The Hall–Kier alpha value is -0.610. The summed E-state index contributed by atoms with van der Waals surface area (Å²) in [6, 6.07) is 0. The molecule has 1 aliphatic rings. The molecule has 1 fully saturated rings. The lowest BCUT2D eigenvalue weighted by molar-refractivity contribution is -0.143. The smallest absolute Gasteiger partial charge is 0.242 e. The van der Waals surface area contributed by atoms with Crippen molar-refractivity contribution >= 4 is 5.91 Å². The Morgan fingerprint density at radius 3 is 2.75 bits per heavy atom. The van der Waals surface area contributed by atoms with Crippen molar-refractivity contribution in [1.82, 2.24) is 4.90 Å². The summed E-state index contributed by atoms with van der Waals surface area (Å²) in [4.78, 5) is 13.9. The van der Waals surface area contributed by atoms with Crippen LogP contribution in [-0.4, -0.2) is 40.1 Å². The molecule has 0 bridgehead atoms. The molecule has 4 heteroatoms. The molecule has 1 amide bonds. The van der Waals surface area contributed by atoms with E-state index in [4.69, 9.17) is 5.73 Å². The van der Waals surface area contributed by atoms with Gasteiger partial charge in [-0.2, -0.15) is 0 Å². The lowest BCUT2D eigenvalue weighted by Gasteiger charge is -2.40. The minimum Gasteiger partial charge on any atom is -0.388 e. The van der Waals surface area contributed by atoms with Crippen LogP contribution >= 0.6 is 0 Å². The van der Waals surface area contributed by atoms with Crippen LogP contribution in [0, 0.1) is 0 Å². The Morgan fingerprint density at radius 1 is 1.62 bits per heavy atom. The first-order valence-corrected chi connectivity index (χ1v) is 6.09. The summed E-state index contributed by atoms with van der Waals surface area (Å²) in [5.74, 6) is -0.0330. The number of rotatable bonds is 3. The van der Waals surface area contributed by atoms with Gasteiger partial charge in [0.15, 0.2) is 0 Å². The van der Waals surface area contributed by atoms with Gasteiger partial charge < -0.3 is 15.7 Å². The molecule has 1 heterocycles. The zero-order valence-corrected chi connectivity index (χ0v) is 10.6. The fourth-order valence-electron chi connectivity index (χ4n) is 2.38. The van der Waals surface area contributed by atoms with Crippen LogP contribution < -0.4 is 5.73 Å². The van der Waals surface area contributed by atoms with Crippen molar-refractivity contribution < 1.29 is 9.90 Å². The van der Waals surface area contributed by atoms with Gasteiger partial charge in [-0.3, -0.25) is 4.79 Å². The van der Waals surface area contributed by atoms with Crippen LogP contribution in [0.1, 0.15) is 46.5 Å². The summed E-state index contributed by atoms with van der Waals surface area (Å²) in [7, 11) is 0. The van der Waals surface area contributed by atoms with Gasteiger partial charge in [-0.25, -0.2) is 0 Å². The molecule has 94 valence electrons. The molecule has 0 aromatic heterocycles. The Bertz CT molecular complexity index is 262. The highest BCUT2D eigenvalue weighted by atomic mass is 16.3. The normalized spacial score (nSPS) is 29.9. The fourth-order valence-corrected chi connectivity index (χ4v) is 2.38. The molecule has 16 heavy (non-hydrogen) atoms. The van der Waals surface area contributed by atoms with Gasteiger partial charge in [0.2, 0.25) is 5.91 Å². The number of piperidine rings is 1. The highest BCUT2D eigenvalue weighted by Gasteiger charge is 2.37. The third-order valence-corrected chi connectivity index (χ3v) is 3.22. The summed E-state index contributed by atoms with van der Waals surface area (Å²) in [6.07, 6.45) is 3.18. The second-order valence-electron chi connectivity index (χ2n) is 5.49. The van der Waals surface area contributed by atoms with Crippen LogP contribution in [0.3, 0.4) is 0 Å². The van der Waals surface area contributed by atoms with Crippen molar-refractivity contribution in [3.8, 4) is 0 Å². The van der Waals surface area contributed by atoms with Crippen molar-refractivity contribution in [3.05, 3.63) is 0 Å². The van der Waals surface area contributed by atoms with Crippen molar-refractivity contribution in [1.29, 1.82) is 0 Å². The molecule has 0 aromatic carbocycles. The van der Waals surface area contributed by atoms with E-state index in [1.165, 1.54) is 0 Å². The van der Waals surface area contributed by atoms with Gasteiger partial charge in [0, 0.05) is 13.1 Å². The van der Waals surface area contributed by atoms with Crippen molar-refractivity contribution in [2.24, 2.45) is 5.73 Å². The molecule has 2 atom stereocenters. The number of likely N-dealkylation sites (tertiary alicyclic amines) is 1. The quantitative estimate of drug-likeness (QED) is 0.753. The number of nitrogens with zero attached hydrogens (tertiary/aromatic N) is 1. The maximum Gasteiger partial charge on any atom is 0.242 e. The molecule has 0 aliphatic carbocycles. The molecule has 0 aromatic rings. The van der Waals surface area contributed by atoms with Crippen LogP contribution in [0.15, 0.2) is 0 Å². The van der Waals surface area contributed by atoms with E-state index in [-0.39, 0.29) is 5.91 Å². The molecule has 1 saturated heterocycles. The number of carbonyl (C=O) groups is 1. The molecule has 0 spiro atoms. The van der Waals surface area contributed by atoms with E-state index >= 15 is 0 Å². The lowest BCUT2D eigenvalue weighted by atomic mass is 9.91. The lowest BCUT2D eigenvalue weighted by Crippen LogP contribution is -2.58. The first-order valence-electron chi connectivity index (χ1n) is 6.09. The van der Waals surface area contributed by atoms with Gasteiger partial charge in [-0.05, 0) is 33.1 Å². The molecule has 4 nitrogen and oxygen atoms in total. The van der Waals surface area contributed by atoms with Crippen molar-refractivity contribution in [2.45, 2.75) is 57.6 Å². The van der Waals surface area contributed by atoms with Crippen LogP contribution in [0.5, 0.6) is 0 Å². The third kappa shape index (κ3) is 3.19. The molecule has 0 saturated carbocycles. The highest BCUT2D eigenvalue weighted by molar-refractivity contribution is 5.85. The average Bonchev–Trinajstić information content (AvgIpc) is 2.15. The number of aliphatic hydroxyl groups is 1. The number of β-amino-alcohol motifs (C(OH)–C–C–N with tert-alkyl or cyclic N) is 1. The molecule has 2 unspecified atom stereocenters. The van der Waals surface area contributed by atoms with Crippen LogP contribution in [0.2, 0.25) is 0 Å². The summed E-state index contributed by atoms with van der Waals surface area (Å²) < 4.78 is 0. The molecule has 1 aliphatic heterocycles. The number of hydrogen-bond acceptors (Lipinski definition) is 3. The Kier molecular flexibility index (Phi) is 3.97. The third-order valence-electron chi connectivity index (χ3n) is 3.22. The maximum absolute atomic E-state index is 12.2. The molecular formula is C12H24N2O2. The number of amides is 1. The van der Waals surface area contributed by atoms with E-state index in [1.807, 2.05) is 6.92 Å². The van der Waals surface area contributed by atoms with Crippen LogP contribution in [0.25, 0.3) is 0 Å². The van der Waals surface area contributed by atoms with Gasteiger partial charge >= 0.3 is 0 Å². The van der Waals surface area contributed by atoms with Crippen molar-refractivity contribution in [2.75, 3.05) is 13.1 Å². The zero-order valence-electron chi connectivity index (χ0n) is 10.6. The number of hydrogen-bond donors (Lipinski definition) is 2. The van der Waals surface area contributed by atoms with Gasteiger partial charge in [0.05, 0.1) is 11.1 Å². The topological polar surface area (TPSA) is 66.6 Å². The standard InChI is InChI=1S/C12H24N2O2/c1-4-6-12(3,13)10(15)14-8-5-7-11(2,16)9-14/h16H,4-9,13H2,1-3H3. The molecule has 1 rings (SSSR count). The first kappa shape index (κ1) is 13.5. The molecule has 3 N–H and O–H groups in total. The van der Waals surface area contributed by atoms with E-state index in [9.17, 15) is 9.90 Å². The number of nitrogens with two attached hydrogens (primary N) is 1. The minimum absolute atomic E-state index is 0.0330. The fraction of sp³-hybridized carbons (Fsp3) is 0.917. The Morgan fingerprint density at radius 2 is 2.25 bits per heavy atom. The first-order chi connectivity index (χ1) is 7.28. The Labute approximate surface area is 97.8 Å². The highest BCUT2D eigenvalue weighted by Crippen LogP contribution is 2.23. The average molecular weight is 228 g/mol. The Balaban J connectivity index is 2.67. The van der Waals surface area contributed by atoms with Gasteiger partial charge in [-0.1, -0.05) is 13.3 Å². The van der Waals surface area contributed by atoms with E-state index in [0.717, 1.165) is 19.3 Å². The predicted octanol–water partition coefficient (Wildman–Crippen LogP) is 0.877. The molecule has 0 radical (unpaired) electrons. The minimum atomic E-state index is -0.790. The van der Waals surface area contributed by atoms with E-state index in [2.05, 4.69) is 0 Å². The zero-order chi connectivity index (χ0) is 12.4. The van der Waals surface area contributed by atoms with Crippen molar-refractivity contribution in [3.63, 3.8) is 0 Å². The van der Waals surface area contributed by atoms with Gasteiger partial charge in [-0.15, -0.1) is 0 Å². The summed E-state index contributed by atoms with van der Waals surface area (Å²) in [5.41, 5.74) is 4.47. The monoisotopic (exact) mass is 228 g/mol. The van der Waals surface area contributed by atoms with Gasteiger partial charge in [0.1, 0.15) is 0 Å². The van der Waals surface area contributed by atoms with Crippen LogP contribution in [-0.2, 0) is 4.79 Å². The van der Waals surface area contributed by atoms with Crippen LogP contribution in [0.4, 0.5) is 0 Å². The summed E-state index contributed by atoms with van der Waals surface area (Å²) in [6.45, 7) is 6.70. The number of carbonyl (C=O) groups excluding carboxylic acids is 1. The largest absolute Gasteiger partial charge is 0.388 e. The predicted molar refractivity (Wildman–Crippen MR) is 63.9 cm³/mol. The second-order valence-corrected chi connectivity index (χ2v) is 5.49. The maximum atomic E-state index is 12.2. The second kappa shape index (κ2) is 4.72. The van der Waals surface area contributed by atoms with E-state index < -0.39 is 11.1 Å². The van der Waals surface area contributed by atoms with Gasteiger partial charge in [0.25, 0.3) is 0 Å².